The molecule has 0 aliphatic carbocycles. The van der Waals surface area contributed by atoms with E-state index in [-0.39, 0.29) is 12.2 Å². The van der Waals surface area contributed by atoms with Crippen molar-refractivity contribution in [1.82, 2.24) is 4.57 Å². The van der Waals surface area contributed by atoms with Gasteiger partial charge in [0, 0.05) is 0 Å². The monoisotopic (exact) mass is 502 g/mol. The molecule has 1 unspecified atom stereocenters. The van der Waals surface area contributed by atoms with E-state index in [0.29, 0.717) is 33.6 Å². The third-order valence-electron chi connectivity index (χ3n) is 5.96. The number of rotatable bonds is 8. The predicted molar refractivity (Wildman–Crippen MR) is 143 cm³/mol. The van der Waals surface area contributed by atoms with Gasteiger partial charge in [-0.15, -0.1) is 6.58 Å². The summed E-state index contributed by atoms with van der Waals surface area (Å²) in [7, 11) is 0. The zero-order valence-electron chi connectivity index (χ0n) is 21.0. The minimum Gasteiger partial charge on any atom is -0.494 e. The highest BCUT2D eigenvalue weighted by Gasteiger charge is 2.33. The number of esters is 1. The fourth-order valence-electron chi connectivity index (χ4n) is 4.31. The molecule has 3 aromatic rings. The number of thiazole rings is 1. The molecule has 2 heterocycles. The molecule has 7 heteroatoms. The number of hydrogen-bond donors (Lipinski definition) is 0. The Morgan fingerprint density at radius 2 is 1.89 bits per heavy atom. The Kier molecular flexibility index (Phi) is 7.70. The number of aryl methyl sites for hydroxylation is 1. The average molecular weight is 503 g/mol. The Hall–Kier alpha value is -3.71. The number of carbonyl (C=O) groups excluding carboxylic acids is 1. The van der Waals surface area contributed by atoms with Gasteiger partial charge in [-0.05, 0) is 69.0 Å². The Bertz CT molecular complexity index is 1510. The zero-order valence-corrected chi connectivity index (χ0v) is 21.9. The van der Waals surface area contributed by atoms with Gasteiger partial charge in [0.15, 0.2) is 4.80 Å². The maximum atomic E-state index is 13.7. The summed E-state index contributed by atoms with van der Waals surface area (Å²) in [4.78, 5) is 31.9. The van der Waals surface area contributed by atoms with E-state index in [0.717, 1.165) is 28.0 Å². The normalized spacial score (nSPS) is 15.3. The molecule has 0 bridgehead atoms. The minimum absolute atomic E-state index is 0.197. The number of aromatic nitrogens is 1. The summed E-state index contributed by atoms with van der Waals surface area (Å²) >= 11 is 1.31. The molecule has 1 aliphatic heterocycles. The molecule has 6 nitrogen and oxygen atoms in total. The lowest BCUT2D eigenvalue weighted by atomic mass is 9.95. The van der Waals surface area contributed by atoms with E-state index in [1.54, 1.807) is 18.4 Å². The first-order valence-corrected chi connectivity index (χ1v) is 12.8. The van der Waals surface area contributed by atoms with Crippen LogP contribution in [-0.2, 0) is 16.0 Å². The second kappa shape index (κ2) is 10.9. The maximum Gasteiger partial charge on any atom is 0.338 e. The topological polar surface area (TPSA) is 69.9 Å². The number of benzene rings is 2. The first-order valence-electron chi connectivity index (χ1n) is 12.0. The molecule has 36 heavy (non-hydrogen) atoms. The van der Waals surface area contributed by atoms with Crippen LogP contribution in [0.5, 0.6) is 5.75 Å². The summed E-state index contributed by atoms with van der Waals surface area (Å²) in [6, 6.07) is 13.1. The van der Waals surface area contributed by atoms with Gasteiger partial charge in [0.2, 0.25) is 0 Å². The van der Waals surface area contributed by atoms with Crippen LogP contribution in [0.15, 0.2) is 76.2 Å². The van der Waals surface area contributed by atoms with Crippen molar-refractivity contribution >= 4 is 23.4 Å². The molecule has 1 aromatic heterocycles. The highest BCUT2D eigenvalue weighted by molar-refractivity contribution is 7.07. The van der Waals surface area contributed by atoms with Gasteiger partial charge in [0.05, 0.1) is 35.1 Å². The Balaban J connectivity index is 1.89. The molecule has 0 N–H and O–H groups in total. The Labute approximate surface area is 214 Å². The lowest BCUT2D eigenvalue weighted by Crippen LogP contribution is -2.39. The molecule has 186 valence electrons. The molecule has 1 atom stereocenters. The van der Waals surface area contributed by atoms with Gasteiger partial charge >= 0.3 is 5.97 Å². The Morgan fingerprint density at radius 3 is 2.56 bits per heavy atom. The van der Waals surface area contributed by atoms with Crippen molar-refractivity contribution in [1.29, 1.82) is 0 Å². The van der Waals surface area contributed by atoms with E-state index in [9.17, 15) is 9.59 Å². The van der Waals surface area contributed by atoms with Gasteiger partial charge in [-0.3, -0.25) is 9.36 Å². The van der Waals surface area contributed by atoms with Crippen LogP contribution in [0.1, 0.15) is 49.1 Å². The van der Waals surface area contributed by atoms with Crippen LogP contribution in [-0.4, -0.2) is 23.8 Å². The van der Waals surface area contributed by atoms with Crippen molar-refractivity contribution < 1.29 is 14.3 Å². The maximum absolute atomic E-state index is 13.7. The largest absolute Gasteiger partial charge is 0.494 e. The summed E-state index contributed by atoms with van der Waals surface area (Å²) in [5.41, 5.74) is 4.56. The molecule has 0 amide bonds. The summed E-state index contributed by atoms with van der Waals surface area (Å²) in [5, 5.41) is 0. The minimum atomic E-state index is -0.611. The highest BCUT2D eigenvalue weighted by atomic mass is 32.1. The van der Waals surface area contributed by atoms with Crippen molar-refractivity contribution in [2.24, 2.45) is 4.99 Å². The van der Waals surface area contributed by atoms with E-state index < -0.39 is 12.0 Å². The molecule has 0 fully saturated rings. The van der Waals surface area contributed by atoms with E-state index in [1.165, 1.54) is 11.3 Å². The quantitative estimate of drug-likeness (QED) is 0.341. The van der Waals surface area contributed by atoms with Crippen LogP contribution in [0.25, 0.3) is 6.08 Å². The lowest BCUT2D eigenvalue weighted by molar-refractivity contribution is -0.139. The van der Waals surface area contributed by atoms with Crippen LogP contribution < -0.4 is 19.6 Å². The van der Waals surface area contributed by atoms with E-state index in [4.69, 9.17) is 9.47 Å². The van der Waals surface area contributed by atoms with Crippen LogP contribution in [0.4, 0.5) is 0 Å². The number of fused-ring (bicyclic) bond motifs is 1. The third-order valence-corrected chi connectivity index (χ3v) is 6.94. The molecule has 1 aliphatic rings. The Morgan fingerprint density at radius 1 is 1.14 bits per heavy atom. The average Bonchev–Trinajstić information content (AvgIpc) is 3.15. The van der Waals surface area contributed by atoms with Crippen LogP contribution in [0, 0.1) is 6.92 Å². The fourth-order valence-corrected chi connectivity index (χ4v) is 5.35. The highest BCUT2D eigenvalue weighted by Crippen LogP contribution is 2.31. The zero-order chi connectivity index (χ0) is 25.8. The summed E-state index contributed by atoms with van der Waals surface area (Å²) in [6.07, 6.45) is 4.35. The van der Waals surface area contributed by atoms with Gasteiger partial charge in [-0.2, -0.15) is 0 Å². The molecule has 0 radical (unpaired) electrons. The summed E-state index contributed by atoms with van der Waals surface area (Å²) in [5.74, 6) is 0.351. The molecule has 2 aromatic carbocycles. The van der Waals surface area contributed by atoms with Crippen LogP contribution in [0.3, 0.4) is 0 Å². The van der Waals surface area contributed by atoms with Crippen molar-refractivity contribution in [2.75, 3.05) is 13.2 Å². The molecule has 0 spiro atoms. The van der Waals surface area contributed by atoms with E-state index in [2.05, 4.69) is 11.6 Å². The van der Waals surface area contributed by atoms with Crippen molar-refractivity contribution in [2.45, 2.75) is 40.2 Å². The molecule has 0 saturated carbocycles. The number of ether oxygens (including phenoxy) is 2. The number of carbonyl (C=O) groups is 1. The smallest absolute Gasteiger partial charge is 0.338 e. The molecular weight excluding hydrogens is 472 g/mol. The van der Waals surface area contributed by atoms with Crippen molar-refractivity contribution in [3.8, 4) is 5.75 Å². The van der Waals surface area contributed by atoms with Crippen LogP contribution in [0.2, 0.25) is 0 Å². The number of nitrogens with zero attached hydrogens (tertiary/aromatic N) is 2. The molecule has 4 rings (SSSR count). The van der Waals surface area contributed by atoms with Gasteiger partial charge in [0.25, 0.3) is 5.56 Å². The van der Waals surface area contributed by atoms with Gasteiger partial charge in [0.1, 0.15) is 5.75 Å². The van der Waals surface area contributed by atoms with Gasteiger partial charge in [-0.1, -0.05) is 53.3 Å². The van der Waals surface area contributed by atoms with Crippen LogP contribution >= 0.6 is 11.3 Å². The third kappa shape index (κ3) is 4.97. The summed E-state index contributed by atoms with van der Waals surface area (Å²) < 4.78 is 13.2. The lowest BCUT2D eigenvalue weighted by Gasteiger charge is -2.24. The SMILES string of the molecule is C=CCc1cc(/C=c2/sc3n(c2=O)C(c2ccc(C)cc2)C(C(=O)OCC)=C(C)N=3)ccc1OCC. The van der Waals surface area contributed by atoms with Crippen molar-refractivity contribution in [3.63, 3.8) is 0 Å². The fraction of sp³-hybridized carbons (Fsp3) is 0.276. The van der Waals surface area contributed by atoms with Crippen molar-refractivity contribution in [3.05, 3.63) is 108 Å². The first-order chi connectivity index (χ1) is 17.4. The predicted octanol–water partition coefficient (Wildman–Crippen LogP) is 4.23. The first kappa shape index (κ1) is 25.4. The molecule has 0 saturated heterocycles. The van der Waals surface area contributed by atoms with E-state index >= 15 is 0 Å². The molecular formula is C29H30N2O4S. The van der Waals surface area contributed by atoms with Gasteiger partial charge < -0.3 is 9.47 Å². The van der Waals surface area contributed by atoms with E-state index in [1.807, 2.05) is 68.5 Å². The number of allylic oxidation sites excluding steroid dienone is 2. The second-order valence-electron chi connectivity index (χ2n) is 8.51. The summed E-state index contributed by atoms with van der Waals surface area (Å²) in [6.45, 7) is 12.2. The number of hydrogen-bond acceptors (Lipinski definition) is 6. The van der Waals surface area contributed by atoms with Gasteiger partial charge in [-0.25, -0.2) is 9.79 Å². The standard InChI is InChI=1S/C29H30N2O4S/c1-6-9-22-16-20(12-15-23(22)34-7-2)17-24-27(32)31-26(21-13-10-18(4)11-14-21)25(28(33)35-8-3)19(5)30-29(31)36-24/h6,10-17,26H,1,7-9H2,2-5H3/b24-17+. The second-order valence-corrected chi connectivity index (χ2v) is 9.52.